The second-order valence-corrected chi connectivity index (χ2v) is 16.2. The van der Waals surface area contributed by atoms with Gasteiger partial charge in [-0.25, -0.2) is 0 Å². The minimum Gasteiger partial charge on any atom is -0.198 e. The van der Waals surface area contributed by atoms with Gasteiger partial charge in [-0.3, -0.25) is 0 Å². The van der Waals surface area contributed by atoms with Crippen molar-refractivity contribution in [2.45, 2.75) is 97.6 Å². The first kappa shape index (κ1) is 34.5. The zero-order valence-corrected chi connectivity index (χ0v) is 32.4. The highest BCUT2D eigenvalue weighted by molar-refractivity contribution is 7.25. The van der Waals surface area contributed by atoms with E-state index in [2.05, 4.69) is 165 Å². The van der Waals surface area contributed by atoms with Gasteiger partial charge in [0.2, 0.25) is 11.4 Å². The van der Waals surface area contributed by atoms with Crippen molar-refractivity contribution in [3.63, 3.8) is 0 Å². The molecule has 52 heavy (non-hydrogen) atoms. The molecular weight excluding hydrogens is 649 g/mol. The molecule has 2 nitrogen and oxygen atoms in total. The number of fused-ring (bicyclic) bond motifs is 6. The van der Waals surface area contributed by atoms with E-state index in [9.17, 15) is 0 Å². The molecule has 0 amide bonds. The van der Waals surface area contributed by atoms with E-state index < -0.39 is 0 Å². The molecule has 0 fully saturated rings. The standard InChI is InChI=1S/C49H52N2S/c1-6-9-11-20-37-30-46-39-22-15-14-21-38(39)44(49(7-2,8-3)51(46)33-43(37)36-18-12-10-13-19-36)27-28-50-32-34(4)25-26-45(50)41-31-42-40-23-16-17-24-47(40)52-48(42)29-35(41)5/h10,12-19,21-26,29-33,44H,6-9,11,20,27-28H2,1-5H3/q+2. The molecule has 0 saturated heterocycles. The van der Waals surface area contributed by atoms with Gasteiger partial charge < -0.3 is 0 Å². The number of hydrogen-bond donors (Lipinski definition) is 0. The Hall–Kier alpha value is -4.60. The van der Waals surface area contributed by atoms with Crippen LogP contribution in [0.3, 0.4) is 0 Å². The van der Waals surface area contributed by atoms with Gasteiger partial charge in [0.05, 0.1) is 5.92 Å². The van der Waals surface area contributed by atoms with Crippen LogP contribution in [0.4, 0.5) is 0 Å². The number of unbranched alkanes of at least 4 members (excludes halogenated alkanes) is 2. The summed E-state index contributed by atoms with van der Waals surface area (Å²) >= 11 is 1.90. The van der Waals surface area contributed by atoms with E-state index in [0.717, 1.165) is 32.2 Å². The monoisotopic (exact) mass is 700 g/mol. The number of aromatic nitrogens is 2. The van der Waals surface area contributed by atoms with Gasteiger partial charge in [0.25, 0.3) is 0 Å². The number of rotatable bonds is 11. The zero-order chi connectivity index (χ0) is 35.8. The van der Waals surface area contributed by atoms with Crippen molar-refractivity contribution >= 4 is 31.5 Å². The molecule has 0 saturated carbocycles. The average Bonchev–Trinajstić information content (AvgIpc) is 3.54. The predicted octanol–water partition coefficient (Wildman–Crippen LogP) is 12.7. The molecule has 262 valence electrons. The maximum atomic E-state index is 2.73. The lowest BCUT2D eigenvalue weighted by Gasteiger charge is -2.40. The van der Waals surface area contributed by atoms with E-state index in [1.165, 1.54) is 95.3 Å². The molecule has 0 radical (unpaired) electrons. The Balaban J connectivity index is 1.24. The van der Waals surface area contributed by atoms with E-state index in [1.54, 1.807) is 0 Å². The summed E-state index contributed by atoms with van der Waals surface area (Å²) in [4.78, 5) is 0. The minimum absolute atomic E-state index is 0.0376. The first-order valence-electron chi connectivity index (χ1n) is 19.6. The van der Waals surface area contributed by atoms with Gasteiger partial charge in [-0.1, -0.05) is 100 Å². The average molecular weight is 701 g/mol. The van der Waals surface area contributed by atoms with Crippen molar-refractivity contribution in [3.05, 3.63) is 144 Å². The summed E-state index contributed by atoms with van der Waals surface area (Å²) in [7, 11) is 0. The Morgan fingerprint density at radius 3 is 2.23 bits per heavy atom. The van der Waals surface area contributed by atoms with Crippen LogP contribution < -0.4 is 9.13 Å². The summed E-state index contributed by atoms with van der Waals surface area (Å²) in [5, 5.41) is 2.72. The second kappa shape index (κ2) is 14.4. The Morgan fingerprint density at radius 2 is 1.42 bits per heavy atom. The quantitative estimate of drug-likeness (QED) is 0.0937. The highest BCUT2D eigenvalue weighted by Crippen LogP contribution is 2.48. The molecule has 3 heteroatoms. The Bertz CT molecular complexity index is 2380. The molecule has 0 N–H and O–H groups in total. The van der Waals surface area contributed by atoms with E-state index in [-0.39, 0.29) is 5.54 Å². The highest BCUT2D eigenvalue weighted by atomic mass is 32.1. The molecule has 7 aromatic rings. The molecule has 0 bridgehead atoms. The summed E-state index contributed by atoms with van der Waals surface area (Å²) in [5.41, 5.74) is 13.7. The van der Waals surface area contributed by atoms with Crippen LogP contribution in [-0.2, 0) is 18.5 Å². The predicted molar refractivity (Wildman–Crippen MR) is 221 cm³/mol. The third kappa shape index (κ3) is 5.97. The van der Waals surface area contributed by atoms with Crippen LogP contribution in [0.5, 0.6) is 0 Å². The summed E-state index contributed by atoms with van der Waals surface area (Å²) in [5.74, 6) is 0.371. The third-order valence-electron chi connectivity index (χ3n) is 12.1. The number of hydrogen-bond acceptors (Lipinski definition) is 1. The van der Waals surface area contributed by atoms with Crippen molar-refractivity contribution in [2.24, 2.45) is 0 Å². The van der Waals surface area contributed by atoms with Crippen LogP contribution >= 0.6 is 11.3 Å². The Morgan fingerprint density at radius 1 is 0.654 bits per heavy atom. The molecule has 0 aliphatic carbocycles. The topological polar surface area (TPSA) is 7.76 Å². The van der Waals surface area contributed by atoms with Crippen LogP contribution in [-0.4, -0.2) is 0 Å². The highest BCUT2D eigenvalue weighted by Gasteiger charge is 2.51. The lowest BCUT2D eigenvalue weighted by molar-refractivity contribution is -0.764. The fourth-order valence-corrected chi connectivity index (χ4v) is 10.5. The minimum atomic E-state index is -0.0376. The molecule has 1 unspecified atom stereocenters. The SMILES string of the molecule is CCCCCc1cc2[n+](cc1-c1ccccc1)C(CC)(CC)C(CC[n+]1cc(C)ccc1-c1cc3c(cc1C)sc1ccccc13)c1ccccc1-2. The third-order valence-corrected chi connectivity index (χ3v) is 13.2. The van der Waals surface area contributed by atoms with Crippen molar-refractivity contribution < 1.29 is 9.13 Å². The fourth-order valence-electron chi connectivity index (χ4n) is 9.33. The van der Waals surface area contributed by atoms with Crippen molar-refractivity contribution in [3.8, 4) is 33.6 Å². The summed E-state index contributed by atoms with van der Waals surface area (Å²) in [6.45, 7) is 12.6. The number of benzene rings is 4. The molecule has 1 aliphatic heterocycles. The first-order valence-corrected chi connectivity index (χ1v) is 20.4. The lowest BCUT2D eigenvalue weighted by atomic mass is 9.68. The summed E-state index contributed by atoms with van der Waals surface area (Å²) in [6.07, 6.45) is 13.0. The second-order valence-electron chi connectivity index (χ2n) is 15.1. The largest absolute Gasteiger partial charge is 0.213 e. The van der Waals surface area contributed by atoms with Gasteiger partial charge in [0.1, 0.15) is 6.54 Å². The molecule has 4 heterocycles. The molecule has 4 aromatic carbocycles. The van der Waals surface area contributed by atoms with E-state index in [1.807, 2.05) is 11.3 Å². The van der Waals surface area contributed by atoms with Gasteiger partial charge in [0, 0.05) is 73.8 Å². The molecule has 1 atom stereocenters. The lowest BCUT2D eigenvalue weighted by Crippen LogP contribution is -2.62. The number of thiophene rings is 1. The smallest absolute Gasteiger partial charge is 0.198 e. The van der Waals surface area contributed by atoms with Gasteiger partial charge in [-0.2, -0.15) is 9.13 Å². The molecular formula is C49H52N2S+2. The van der Waals surface area contributed by atoms with E-state index in [0.29, 0.717) is 5.92 Å². The van der Waals surface area contributed by atoms with E-state index >= 15 is 0 Å². The molecule has 0 spiro atoms. The van der Waals surface area contributed by atoms with Crippen molar-refractivity contribution in [1.29, 1.82) is 0 Å². The maximum Gasteiger partial charge on any atom is 0.213 e. The normalized spacial score (nSPS) is 14.8. The Kier molecular flexibility index (Phi) is 9.57. The summed E-state index contributed by atoms with van der Waals surface area (Å²) < 4.78 is 8.02. The van der Waals surface area contributed by atoms with Gasteiger partial charge in [-0.05, 0) is 79.3 Å². The summed E-state index contributed by atoms with van der Waals surface area (Å²) in [6, 6.07) is 41.4. The van der Waals surface area contributed by atoms with Crippen LogP contribution in [0.2, 0.25) is 0 Å². The van der Waals surface area contributed by atoms with Crippen LogP contribution in [0.15, 0.2) is 122 Å². The van der Waals surface area contributed by atoms with Crippen molar-refractivity contribution in [1.82, 2.24) is 0 Å². The molecule has 1 aliphatic rings. The number of nitrogens with zero attached hydrogens (tertiary/aromatic N) is 2. The van der Waals surface area contributed by atoms with Crippen LogP contribution in [0.25, 0.3) is 53.8 Å². The Labute approximate surface area is 314 Å². The van der Waals surface area contributed by atoms with Crippen LogP contribution in [0.1, 0.15) is 87.5 Å². The van der Waals surface area contributed by atoms with Gasteiger partial charge >= 0.3 is 0 Å². The molecule has 3 aromatic heterocycles. The number of aryl methyl sites for hydroxylation is 4. The first-order chi connectivity index (χ1) is 25.5. The number of pyridine rings is 2. The van der Waals surface area contributed by atoms with Crippen molar-refractivity contribution in [2.75, 3.05) is 0 Å². The zero-order valence-electron chi connectivity index (χ0n) is 31.6. The van der Waals surface area contributed by atoms with Gasteiger partial charge in [-0.15, -0.1) is 11.3 Å². The van der Waals surface area contributed by atoms with Crippen LogP contribution in [0, 0.1) is 13.8 Å². The molecule has 8 rings (SSSR count). The van der Waals surface area contributed by atoms with E-state index in [4.69, 9.17) is 0 Å². The van der Waals surface area contributed by atoms with Gasteiger partial charge in [0.15, 0.2) is 17.9 Å². The fraction of sp³-hybridized carbons (Fsp3) is 0.306. The maximum absolute atomic E-state index is 2.73.